The minimum Gasteiger partial charge on any atom is -0.466 e. The molecule has 0 aromatic heterocycles. The first-order chi connectivity index (χ1) is 11.1. The molecule has 5 heteroatoms. The summed E-state index contributed by atoms with van der Waals surface area (Å²) in [6.45, 7) is 3.80. The molecule has 0 bridgehead atoms. The summed E-state index contributed by atoms with van der Waals surface area (Å²) in [4.78, 5) is 36.7. The highest BCUT2D eigenvalue weighted by molar-refractivity contribution is 6.07. The molecular weight excluding hydrogens is 296 g/mol. The van der Waals surface area contributed by atoms with Crippen LogP contribution in [0.2, 0.25) is 0 Å². The maximum absolute atomic E-state index is 12.4. The van der Waals surface area contributed by atoms with E-state index in [1.165, 1.54) is 6.08 Å². The highest BCUT2D eigenvalue weighted by Gasteiger charge is 2.42. The molecule has 0 fully saturated rings. The number of ketones is 1. The van der Waals surface area contributed by atoms with Crippen molar-refractivity contribution in [3.63, 3.8) is 0 Å². The van der Waals surface area contributed by atoms with Crippen molar-refractivity contribution < 1.29 is 23.9 Å². The number of allylic oxidation sites excluding steroid dienone is 1. The normalized spacial score (nSPS) is 20.6. The average molecular weight is 316 g/mol. The van der Waals surface area contributed by atoms with E-state index < -0.39 is 23.8 Å². The van der Waals surface area contributed by atoms with Crippen LogP contribution in [0.4, 0.5) is 0 Å². The second-order valence-electron chi connectivity index (χ2n) is 5.22. The van der Waals surface area contributed by atoms with Gasteiger partial charge in [-0.05, 0) is 31.1 Å². The van der Waals surface area contributed by atoms with Crippen molar-refractivity contribution in [2.45, 2.75) is 20.3 Å². The Morgan fingerprint density at radius 2 is 1.65 bits per heavy atom. The highest BCUT2D eigenvalue weighted by Crippen LogP contribution is 2.37. The minimum absolute atomic E-state index is 0.0430. The Morgan fingerprint density at radius 1 is 1.04 bits per heavy atom. The number of esters is 2. The van der Waals surface area contributed by atoms with E-state index in [4.69, 9.17) is 9.47 Å². The van der Waals surface area contributed by atoms with E-state index >= 15 is 0 Å². The van der Waals surface area contributed by atoms with Crippen LogP contribution < -0.4 is 0 Å². The number of hydrogen-bond donors (Lipinski definition) is 0. The molecule has 2 rings (SSSR count). The van der Waals surface area contributed by atoms with Crippen molar-refractivity contribution in [2.75, 3.05) is 13.2 Å². The fourth-order valence-corrected chi connectivity index (χ4v) is 2.76. The maximum atomic E-state index is 12.4. The zero-order valence-electron chi connectivity index (χ0n) is 13.3. The summed E-state index contributed by atoms with van der Waals surface area (Å²) < 4.78 is 10.2. The van der Waals surface area contributed by atoms with E-state index in [1.807, 2.05) is 18.2 Å². The van der Waals surface area contributed by atoms with E-state index in [0.29, 0.717) is 5.57 Å². The largest absolute Gasteiger partial charge is 0.466 e. The molecule has 1 aromatic carbocycles. The Kier molecular flexibility index (Phi) is 5.68. The zero-order valence-corrected chi connectivity index (χ0v) is 13.3. The molecule has 2 atom stereocenters. The number of carbonyl (C=O) groups is 3. The van der Waals surface area contributed by atoms with Gasteiger partial charge in [-0.1, -0.05) is 30.3 Å². The first-order valence-electron chi connectivity index (χ1n) is 7.71. The van der Waals surface area contributed by atoms with Gasteiger partial charge in [-0.15, -0.1) is 0 Å². The third kappa shape index (κ3) is 3.86. The number of ether oxygens (including phenoxy) is 2. The SMILES string of the molecule is CCOC(=O)C1CC(=O)C=C(c2ccccc2)C1C(=O)OCC. The minimum atomic E-state index is -0.846. The van der Waals surface area contributed by atoms with E-state index in [1.54, 1.807) is 26.0 Å². The molecule has 0 aliphatic heterocycles. The molecule has 0 N–H and O–H groups in total. The molecule has 0 heterocycles. The summed E-state index contributed by atoms with van der Waals surface area (Å²) in [5.41, 5.74) is 1.24. The van der Waals surface area contributed by atoms with Gasteiger partial charge < -0.3 is 9.47 Å². The monoisotopic (exact) mass is 316 g/mol. The van der Waals surface area contributed by atoms with Crippen LogP contribution in [-0.4, -0.2) is 30.9 Å². The highest BCUT2D eigenvalue weighted by atomic mass is 16.5. The Balaban J connectivity index is 2.45. The predicted octanol–water partition coefficient (Wildman–Crippen LogP) is 2.40. The van der Waals surface area contributed by atoms with Crippen LogP contribution in [0.1, 0.15) is 25.8 Å². The van der Waals surface area contributed by atoms with Gasteiger partial charge in [-0.2, -0.15) is 0 Å². The molecule has 2 unspecified atom stereocenters. The van der Waals surface area contributed by atoms with Crippen LogP contribution in [0.15, 0.2) is 36.4 Å². The molecule has 1 aromatic rings. The summed E-state index contributed by atoms with van der Waals surface area (Å²) in [5.74, 6) is -2.91. The second-order valence-corrected chi connectivity index (χ2v) is 5.22. The van der Waals surface area contributed by atoms with Crippen molar-refractivity contribution in [3.8, 4) is 0 Å². The Hall–Kier alpha value is -2.43. The van der Waals surface area contributed by atoms with Crippen molar-refractivity contribution in [2.24, 2.45) is 11.8 Å². The summed E-state index contributed by atoms with van der Waals surface area (Å²) in [7, 11) is 0. The lowest BCUT2D eigenvalue weighted by molar-refractivity contribution is -0.159. The number of benzene rings is 1. The van der Waals surface area contributed by atoms with Crippen molar-refractivity contribution in [1.82, 2.24) is 0 Å². The second kappa shape index (κ2) is 7.72. The first kappa shape index (κ1) is 16.9. The molecule has 23 heavy (non-hydrogen) atoms. The van der Waals surface area contributed by atoms with Gasteiger partial charge in [0.25, 0.3) is 0 Å². The molecule has 5 nitrogen and oxygen atoms in total. The Bertz CT molecular complexity index is 618. The molecule has 0 saturated carbocycles. The van der Waals surface area contributed by atoms with Gasteiger partial charge in [0.1, 0.15) is 0 Å². The molecule has 122 valence electrons. The quantitative estimate of drug-likeness (QED) is 0.780. The van der Waals surface area contributed by atoms with Crippen LogP contribution in [0.5, 0.6) is 0 Å². The summed E-state index contributed by atoms with van der Waals surface area (Å²) in [6, 6.07) is 9.09. The van der Waals surface area contributed by atoms with Crippen LogP contribution in [0.25, 0.3) is 5.57 Å². The van der Waals surface area contributed by atoms with Gasteiger partial charge in [0.15, 0.2) is 5.78 Å². The maximum Gasteiger partial charge on any atom is 0.314 e. The number of hydrogen-bond acceptors (Lipinski definition) is 5. The van der Waals surface area contributed by atoms with Crippen LogP contribution in [-0.2, 0) is 23.9 Å². The average Bonchev–Trinajstić information content (AvgIpc) is 2.55. The Morgan fingerprint density at radius 3 is 2.26 bits per heavy atom. The first-order valence-corrected chi connectivity index (χ1v) is 7.71. The lowest BCUT2D eigenvalue weighted by Gasteiger charge is -2.29. The topological polar surface area (TPSA) is 69.7 Å². The fraction of sp³-hybridized carbons (Fsp3) is 0.389. The lowest BCUT2D eigenvalue weighted by Crippen LogP contribution is -2.37. The van der Waals surface area contributed by atoms with E-state index in [2.05, 4.69) is 0 Å². The molecule has 1 aliphatic carbocycles. The van der Waals surface area contributed by atoms with Gasteiger partial charge in [-0.25, -0.2) is 0 Å². The van der Waals surface area contributed by atoms with Gasteiger partial charge in [-0.3, -0.25) is 14.4 Å². The molecule has 0 amide bonds. The molecular formula is C18H20O5. The zero-order chi connectivity index (χ0) is 16.8. The van der Waals surface area contributed by atoms with Crippen LogP contribution >= 0.6 is 0 Å². The third-order valence-corrected chi connectivity index (χ3v) is 3.71. The van der Waals surface area contributed by atoms with Crippen molar-refractivity contribution >= 4 is 23.3 Å². The van der Waals surface area contributed by atoms with Gasteiger partial charge in [0.05, 0.1) is 25.0 Å². The standard InChI is InChI=1S/C18H20O5/c1-3-22-17(20)15-11-13(19)10-14(12-8-6-5-7-9-12)16(15)18(21)23-4-2/h5-10,15-16H,3-4,11H2,1-2H3. The van der Waals surface area contributed by atoms with Gasteiger partial charge in [0, 0.05) is 6.42 Å². The van der Waals surface area contributed by atoms with Crippen molar-refractivity contribution in [1.29, 1.82) is 0 Å². The molecule has 0 radical (unpaired) electrons. The van der Waals surface area contributed by atoms with Gasteiger partial charge in [0.2, 0.25) is 0 Å². The smallest absolute Gasteiger partial charge is 0.314 e. The summed E-state index contributed by atoms with van der Waals surface area (Å²) >= 11 is 0. The van der Waals surface area contributed by atoms with E-state index in [0.717, 1.165) is 5.56 Å². The summed E-state index contributed by atoms with van der Waals surface area (Å²) in [5, 5.41) is 0. The molecule has 0 spiro atoms. The van der Waals surface area contributed by atoms with Gasteiger partial charge >= 0.3 is 11.9 Å². The molecule has 1 aliphatic rings. The summed E-state index contributed by atoms with van der Waals surface area (Å²) in [6.07, 6.45) is 1.39. The number of carbonyl (C=O) groups excluding carboxylic acids is 3. The third-order valence-electron chi connectivity index (χ3n) is 3.71. The van der Waals surface area contributed by atoms with Crippen molar-refractivity contribution in [3.05, 3.63) is 42.0 Å². The van der Waals surface area contributed by atoms with Crippen LogP contribution in [0.3, 0.4) is 0 Å². The lowest BCUT2D eigenvalue weighted by atomic mass is 9.75. The van der Waals surface area contributed by atoms with Crippen LogP contribution in [0, 0.1) is 11.8 Å². The number of rotatable bonds is 5. The van der Waals surface area contributed by atoms with E-state index in [-0.39, 0.29) is 25.4 Å². The Labute approximate surface area is 135 Å². The molecule has 0 saturated heterocycles. The fourth-order valence-electron chi connectivity index (χ4n) is 2.76. The van der Waals surface area contributed by atoms with E-state index in [9.17, 15) is 14.4 Å². The predicted molar refractivity (Wildman–Crippen MR) is 84.3 cm³/mol.